The summed E-state index contributed by atoms with van der Waals surface area (Å²) in [7, 11) is 1.98. The highest BCUT2D eigenvalue weighted by Crippen LogP contribution is 2.15. The van der Waals surface area contributed by atoms with Crippen molar-refractivity contribution >= 4 is 0 Å². The third kappa shape index (κ3) is 2.74. The molecular formula is C13H23N5. The van der Waals surface area contributed by atoms with Gasteiger partial charge < -0.3 is 5.32 Å². The van der Waals surface area contributed by atoms with E-state index in [0.29, 0.717) is 0 Å². The Hall–Kier alpha value is -0.910. The Balaban J connectivity index is 1.37. The van der Waals surface area contributed by atoms with Crippen LogP contribution in [0.2, 0.25) is 0 Å². The van der Waals surface area contributed by atoms with Crippen molar-refractivity contribution in [3.05, 3.63) is 18.0 Å². The molecule has 0 radical (unpaired) electrons. The molecule has 0 aromatic carbocycles. The number of likely N-dealkylation sites (tertiary alicyclic amines) is 1. The van der Waals surface area contributed by atoms with Crippen LogP contribution < -0.4 is 5.32 Å². The number of piperazine rings is 1. The summed E-state index contributed by atoms with van der Waals surface area (Å²) < 4.78 is 1.88. The molecule has 3 heterocycles. The van der Waals surface area contributed by atoms with Crippen molar-refractivity contribution in [1.29, 1.82) is 0 Å². The molecule has 0 spiro atoms. The Morgan fingerprint density at radius 3 is 2.78 bits per heavy atom. The fourth-order valence-corrected chi connectivity index (χ4v) is 2.89. The lowest BCUT2D eigenvalue weighted by molar-refractivity contribution is 0.0282. The van der Waals surface area contributed by atoms with E-state index in [2.05, 4.69) is 26.4 Å². The molecule has 5 heteroatoms. The molecule has 0 saturated carbocycles. The average Bonchev–Trinajstić information content (AvgIpc) is 2.74. The van der Waals surface area contributed by atoms with Gasteiger partial charge in [0.2, 0.25) is 0 Å². The molecule has 0 amide bonds. The third-order valence-corrected chi connectivity index (χ3v) is 4.08. The molecule has 2 saturated heterocycles. The van der Waals surface area contributed by atoms with Crippen LogP contribution >= 0.6 is 0 Å². The van der Waals surface area contributed by atoms with Crippen LogP contribution in [-0.2, 0) is 13.5 Å². The maximum atomic E-state index is 4.21. The number of aromatic nitrogens is 2. The number of nitrogens with zero attached hydrogens (tertiary/aromatic N) is 4. The molecule has 2 aliphatic heterocycles. The van der Waals surface area contributed by atoms with Crippen LogP contribution in [0.15, 0.2) is 12.4 Å². The van der Waals surface area contributed by atoms with Crippen molar-refractivity contribution in [2.75, 3.05) is 45.8 Å². The number of rotatable bonds is 4. The van der Waals surface area contributed by atoms with Gasteiger partial charge in [0, 0.05) is 65.1 Å². The lowest BCUT2D eigenvalue weighted by Crippen LogP contribution is -2.62. The Labute approximate surface area is 109 Å². The van der Waals surface area contributed by atoms with Gasteiger partial charge in [0.25, 0.3) is 0 Å². The summed E-state index contributed by atoms with van der Waals surface area (Å²) in [6.45, 7) is 8.44. The number of aryl methyl sites for hydroxylation is 1. The van der Waals surface area contributed by atoms with Crippen LogP contribution in [0.1, 0.15) is 5.56 Å². The third-order valence-electron chi connectivity index (χ3n) is 4.08. The first kappa shape index (κ1) is 12.1. The molecule has 1 aromatic rings. The quantitative estimate of drug-likeness (QED) is 0.784. The van der Waals surface area contributed by atoms with Gasteiger partial charge in [-0.3, -0.25) is 14.5 Å². The fourth-order valence-electron chi connectivity index (χ4n) is 2.89. The summed E-state index contributed by atoms with van der Waals surface area (Å²) >= 11 is 0. The molecule has 3 rings (SSSR count). The van der Waals surface area contributed by atoms with Crippen molar-refractivity contribution < 1.29 is 0 Å². The Morgan fingerprint density at radius 1 is 1.33 bits per heavy atom. The van der Waals surface area contributed by atoms with Gasteiger partial charge in [0.1, 0.15) is 0 Å². The van der Waals surface area contributed by atoms with Crippen LogP contribution in [0.5, 0.6) is 0 Å². The van der Waals surface area contributed by atoms with Crippen molar-refractivity contribution in [1.82, 2.24) is 24.9 Å². The van der Waals surface area contributed by atoms with Crippen molar-refractivity contribution in [2.24, 2.45) is 7.05 Å². The second-order valence-corrected chi connectivity index (χ2v) is 5.47. The van der Waals surface area contributed by atoms with E-state index in [1.165, 1.54) is 38.3 Å². The SMILES string of the molecule is Cn1cc(CCN2CC(N3CCNCC3)C2)cn1. The molecule has 5 nitrogen and oxygen atoms in total. The predicted molar refractivity (Wildman–Crippen MR) is 71.6 cm³/mol. The van der Waals surface area contributed by atoms with E-state index in [1.54, 1.807) is 0 Å². The molecule has 18 heavy (non-hydrogen) atoms. The second kappa shape index (κ2) is 5.38. The van der Waals surface area contributed by atoms with Crippen LogP contribution in [0.3, 0.4) is 0 Å². The van der Waals surface area contributed by atoms with E-state index in [9.17, 15) is 0 Å². The van der Waals surface area contributed by atoms with Crippen LogP contribution in [0.25, 0.3) is 0 Å². The Kier molecular flexibility index (Phi) is 3.63. The largest absolute Gasteiger partial charge is 0.314 e. The van der Waals surface area contributed by atoms with E-state index in [-0.39, 0.29) is 0 Å². The number of nitrogens with one attached hydrogen (secondary N) is 1. The smallest absolute Gasteiger partial charge is 0.0522 e. The van der Waals surface area contributed by atoms with Gasteiger partial charge in [-0.25, -0.2) is 0 Å². The van der Waals surface area contributed by atoms with Crippen LogP contribution in [0.4, 0.5) is 0 Å². The van der Waals surface area contributed by atoms with E-state index in [1.807, 2.05) is 17.9 Å². The summed E-state index contributed by atoms with van der Waals surface area (Å²) in [6, 6.07) is 0.806. The summed E-state index contributed by atoms with van der Waals surface area (Å²) in [6.07, 6.45) is 5.23. The maximum Gasteiger partial charge on any atom is 0.0522 e. The van der Waals surface area contributed by atoms with Crippen molar-refractivity contribution in [2.45, 2.75) is 12.5 Å². The molecular weight excluding hydrogens is 226 g/mol. The zero-order chi connectivity index (χ0) is 12.4. The maximum absolute atomic E-state index is 4.21. The monoisotopic (exact) mass is 249 g/mol. The molecule has 2 fully saturated rings. The number of hydrogen-bond acceptors (Lipinski definition) is 4. The van der Waals surface area contributed by atoms with Crippen LogP contribution in [-0.4, -0.2) is 71.4 Å². The van der Waals surface area contributed by atoms with Crippen molar-refractivity contribution in [3.63, 3.8) is 0 Å². The summed E-state index contributed by atoms with van der Waals surface area (Å²) in [5.74, 6) is 0. The van der Waals surface area contributed by atoms with Gasteiger partial charge in [0.15, 0.2) is 0 Å². The highest BCUT2D eigenvalue weighted by molar-refractivity contribution is 5.04. The zero-order valence-electron chi connectivity index (χ0n) is 11.2. The van der Waals surface area contributed by atoms with Gasteiger partial charge in [-0.1, -0.05) is 0 Å². The summed E-state index contributed by atoms with van der Waals surface area (Å²) in [4.78, 5) is 5.19. The topological polar surface area (TPSA) is 36.3 Å². The van der Waals surface area contributed by atoms with E-state index < -0.39 is 0 Å². The van der Waals surface area contributed by atoms with Crippen molar-refractivity contribution in [3.8, 4) is 0 Å². The minimum atomic E-state index is 0.806. The van der Waals surface area contributed by atoms with Gasteiger partial charge in [-0.05, 0) is 12.0 Å². The minimum absolute atomic E-state index is 0.806. The Morgan fingerprint density at radius 2 is 2.11 bits per heavy atom. The van der Waals surface area contributed by atoms with Gasteiger partial charge in [-0.15, -0.1) is 0 Å². The molecule has 1 aromatic heterocycles. The van der Waals surface area contributed by atoms with E-state index in [4.69, 9.17) is 0 Å². The normalized spacial score (nSPS) is 23.2. The second-order valence-electron chi connectivity index (χ2n) is 5.47. The fraction of sp³-hybridized carbons (Fsp3) is 0.769. The lowest BCUT2D eigenvalue weighted by atomic mass is 10.1. The zero-order valence-corrected chi connectivity index (χ0v) is 11.2. The van der Waals surface area contributed by atoms with Gasteiger partial charge in [0.05, 0.1) is 6.20 Å². The first-order chi connectivity index (χ1) is 8.81. The molecule has 0 unspecified atom stereocenters. The van der Waals surface area contributed by atoms with E-state index in [0.717, 1.165) is 25.6 Å². The van der Waals surface area contributed by atoms with Gasteiger partial charge in [-0.2, -0.15) is 5.10 Å². The van der Waals surface area contributed by atoms with Crippen LogP contribution in [0, 0.1) is 0 Å². The first-order valence-corrected chi connectivity index (χ1v) is 6.96. The minimum Gasteiger partial charge on any atom is -0.314 e. The molecule has 0 atom stereocenters. The molecule has 2 aliphatic rings. The van der Waals surface area contributed by atoms with E-state index >= 15 is 0 Å². The highest BCUT2D eigenvalue weighted by atomic mass is 15.3. The Bertz CT molecular complexity index is 376. The highest BCUT2D eigenvalue weighted by Gasteiger charge is 2.31. The first-order valence-electron chi connectivity index (χ1n) is 6.96. The average molecular weight is 249 g/mol. The van der Waals surface area contributed by atoms with Gasteiger partial charge >= 0.3 is 0 Å². The molecule has 0 bridgehead atoms. The standard InChI is InChI=1S/C13H23N5/c1-16-9-12(8-15-16)2-5-17-10-13(11-17)18-6-3-14-4-7-18/h8-9,13-14H,2-7,10-11H2,1H3. The lowest BCUT2D eigenvalue weighted by Gasteiger charge is -2.46. The predicted octanol–water partition coefficient (Wildman–Crippen LogP) is -0.448. The summed E-state index contributed by atoms with van der Waals surface area (Å²) in [5.41, 5.74) is 1.35. The molecule has 1 N–H and O–H groups in total. The number of hydrogen-bond donors (Lipinski definition) is 1. The molecule has 100 valence electrons. The summed E-state index contributed by atoms with van der Waals surface area (Å²) in [5, 5.41) is 7.62. The molecule has 0 aliphatic carbocycles.